The first kappa shape index (κ1) is 26.7. The van der Waals surface area contributed by atoms with Crippen molar-refractivity contribution in [3.8, 4) is 11.5 Å². The SMILES string of the molecule is CN1C[C@@H]2CN(c3cccc([C@@H](O)C(=O)N4CC5=C(C4)CN(S(=O)(=O)c4ccc6c(c4)OCCO6)C5)c3)C[C@]2(F)C1. The van der Waals surface area contributed by atoms with Gasteiger partial charge in [0.2, 0.25) is 10.0 Å². The summed E-state index contributed by atoms with van der Waals surface area (Å²) in [5, 5.41) is 11.0. The Kier molecular flexibility index (Phi) is 6.31. The van der Waals surface area contributed by atoms with Crippen LogP contribution in [0.25, 0.3) is 0 Å². The predicted octanol–water partition coefficient (Wildman–Crippen LogP) is 1.42. The number of benzene rings is 2. The van der Waals surface area contributed by atoms with Gasteiger partial charge in [-0.1, -0.05) is 12.1 Å². The van der Waals surface area contributed by atoms with Gasteiger partial charge in [-0.05, 0) is 48.0 Å². The molecule has 12 heteroatoms. The lowest BCUT2D eigenvalue weighted by atomic mass is 9.97. The van der Waals surface area contributed by atoms with Crippen LogP contribution in [0.4, 0.5) is 10.1 Å². The summed E-state index contributed by atoms with van der Waals surface area (Å²) in [5.74, 6) is 0.451. The van der Waals surface area contributed by atoms with Crippen molar-refractivity contribution < 1.29 is 32.2 Å². The summed E-state index contributed by atoms with van der Waals surface area (Å²) in [6.07, 6.45) is -1.36. The van der Waals surface area contributed by atoms with Gasteiger partial charge in [-0.15, -0.1) is 0 Å². The molecule has 0 aliphatic carbocycles. The molecule has 3 atom stereocenters. The molecular formula is C29H33FN4O6S. The Morgan fingerprint density at radius 3 is 2.46 bits per heavy atom. The molecule has 0 unspecified atom stereocenters. The minimum Gasteiger partial charge on any atom is -0.486 e. The van der Waals surface area contributed by atoms with E-state index in [0.717, 1.165) is 23.4 Å². The van der Waals surface area contributed by atoms with Crippen LogP contribution in [0.2, 0.25) is 0 Å². The van der Waals surface area contributed by atoms with E-state index in [9.17, 15) is 18.3 Å². The molecule has 218 valence electrons. The number of carbonyl (C=O) groups excluding carboxylic acids is 1. The predicted molar refractivity (Wildman–Crippen MR) is 148 cm³/mol. The third-order valence-electron chi connectivity index (χ3n) is 8.94. The molecule has 1 N–H and O–H groups in total. The second-order valence-corrected chi connectivity index (χ2v) is 13.7. The van der Waals surface area contributed by atoms with Crippen molar-refractivity contribution in [3.63, 3.8) is 0 Å². The van der Waals surface area contributed by atoms with Gasteiger partial charge in [-0.3, -0.25) is 4.79 Å². The van der Waals surface area contributed by atoms with Crippen molar-refractivity contribution in [3.05, 3.63) is 59.2 Å². The molecule has 1 amide bonds. The molecule has 2 aromatic carbocycles. The summed E-state index contributed by atoms with van der Waals surface area (Å²) in [6.45, 7) is 3.74. The topological polar surface area (TPSA) is 103 Å². The number of carbonyl (C=O) groups is 1. The number of hydrogen-bond donors (Lipinski definition) is 1. The van der Waals surface area contributed by atoms with Crippen LogP contribution in [0.5, 0.6) is 11.5 Å². The van der Waals surface area contributed by atoms with Gasteiger partial charge in [-0.2, -0.15) is 4.31 Å². The lowest BCUT2D eigenvalue weighted by molar-refractivity contribution is -0.139. The number of alkyl halides is 1. The number of amides is 1. The van der Waals surface area contributed by atoms with Crippen molar-refractivity contribution in [2.24, 2.45) is 5.92 Å². The van der Waals surface area contributed by atoms with Gasteiger partial charge in [0.05, 0.1) is 11.4 Å². The van der Waals surface area contributed by atoms with E-state index in [0.29, 0.717) is 49.9 Å². The number of ether oxygens (including phenoxy) is 2. The second kappa shape index (κ2) is 9.69. The summed E-state index contributed by atoms with van der Waals surface area (Å²) >= 11 is 0. The summed E-state index contributed by atoms with van der Waals surface area (Å²) in [6, 6.07) is 11.8. The number of sulfonamides is 1. The smallest absolute Gasteiger partial charge is 0.256 e. The number of halogens is 1. The third-order valence-corrected chi connectivity index (χ3v) is 10.7. The summed E-state index contributed by atoms with van der Waals surface area (Å²) in [4.78, 5) is 19.0. The molecule has 0 spiro atoms. The van der Waals surface area contributed by atoms with Crippen LogP contribution in [-0.2, 0) is 14.8 Å². The molecule has 0 aromatic heterocycles. The Hall–Kier alpha value is -3.19. The summed E-state index contributed by atoms with van der Waals surface area (Å²) < 4.78 is 54.6. The van der Waals surface area contributed by atoms with E-state index in [1.807, 2.05) is 22.9 Å². The molecule has 2 aromatic rings. The van der Waals surface area contributed by atoms with E-state index < -0.39 is 27.7 Å². The van der Waals surface area contributed by atoms with Crippen molar-refractivity contribution >= 4 is 21.6 Å². The van der Waals surface area contributed by atoms with E-state index in [-0.39, 0.29) is 37.0 Å². The van der Waals surface area contributed by atoms with Gasteiger partial charge in [0, 0.05) is 63.5 Å². The Balaban J connectivity index is 0.991. The van der Waals surface area contributed by atoms with Gasteiger partial charge in [-0.25, -0.2) is 12.8 Å². The molecule has 5 aliphatic rings. The molecule has 0 bridgehead atoms. The normalized spacial score (nSPS) is 27.0. The van der Waals surface area contributed by atoms with Gasteiger partial charge in [0.15, 0.2) is 17.6 Å². The molecule has 2 fully saturated rings. The molecule has 41 heavy (non-hydrogen) atoms. The first-order chi connectivity index (χ1) is 19.6. The number of likely N-dealkylation sites (tertiary alicyclic amines) is 1. The lowest BCUT2D eigenvalue weighted by Gasteiger charge is -2.26. The number of aliphatic hydroxyl groups excluding tert-OH is 1. The highest BCUT2D eigenvalue weighted by Crippen LogP contribution is 2.40. The van der Waals surface area contributed by atoms with Crippen molar-refractivity contribution in [2.75, 3.05) is 77.5 Å². The minimum atomic E-state index is -3.77. The van der Waals surface area contributed by atoms with Crippen LogP contribution in [0, 0.1) is 5.92 Å². The highest BCUT2D eigenvalue weighted by molar-refractivity contribution is 7.89. The Morgan fingerprint density at radius 2 is 1.73 bits per heavy atom. The Labute approximate surface area is 238 Å². The second-order valence-electron chi connectivity index (χ2n) is 11.8. The van der Waals surface area contributed by atoms with E-state index >= 15 is 4.39 Å². The Morgan fingerprint density at radius 1 is 1.00 bits per heavy atom. The monoisotopic (exact) mass is 584 g/mol. The van der Waals surface area contributed by atoms with E-state index in [2.05, 4.69) is 0 Å². The zero-order valence-corrected chi connectivity index (χ0v) is 23.6. The largest absolute Gasteiger partial charge is 0.486 e. The molecular weight excluding hydrogens is 551 g/mol. The van der Waals surface area contributed by atoms with Crippen LogP contribution in [-0.4, -0.2) is 112 Å². The average molecular weight is 585 g/mol. The average Bonchev–Trinajstić information content (AvgIpc) is 3.69. The maximum absolute atomic E-state index is 15.4. The van der Waals surface area contributed by atoms with Gasteiger partial charge < -0.3 is 29.3 Å². The fourth-order valence-electron chi connectivity index (χ4n) is 6.84. The van der Waals surface area contributed by atoms with Gasteiger partial charge in [0.25, 0.3) is 5.91 Å². The Bertz CT molecular complexity index is 1530. The highest BCUT2D eigenvalue weighted by Gasteiger charge is 2.52. The molecule has 2 saturated heterocycles. The minimum absolute atomic E-state index is 0.0567. The van der Waals surface area contributed by atoms with Crippen molar-refractivity contribution in [1.29, 1.82) is 0 Å². The third kappa shape index (κ3) is 4.57. The molecule has 5 heterocycles. The summed E-state index contributed by atoms with van der Waals surface area (Å²) in [7, 11) is -1.83. The van der Waals surface area contributed by atoms with Crippen molar-refractivity contribution in [2.45, 2.75) is 16.7 Å². The first-order valence-electron chi connectivity index (χ1n) is 13.9. The highest BCUT2D eigenvalue weighted by atomic mass is 32.2. The molecule has 0 radical (unpaired) electrons. The van der Waals surface area contributed by atoms with E-state index in [1.54, 1.807) is 29.2 Å². The molecule has 0 saturated carbocycles. The maximum atomic E-state index is 15.4. The van der Waals surface area contributed by atoms with E-state index in [1.165, 1.54) is 16.4 Å². The number of rotatable bonds is 5. The maximum Gasteiger partial charge on any atom is 0.256 e. The fraction of sp³-hybridized carbons (Fsp3) is 0.483. The van der Waals surface area contributed by atoms with E-state index in [4.69, 9.17) is 9.47 Å². The van der Waals surface area contributed by atoms with Crippen LogP contribution in [0.15, 0.2) is 58.5 Å². The fourth-order valence-corrected chi connectivity index (χ4v) is 8.28. The molecule has 7 rings (SSSR count). The summed E-state index contributed by atoms with van der Waals surface area (Å²) in [5.41, 5.74) is 1.77. The first-order valence-corrected chi connectivity index (χ1v) is 15.3. The van der Waals surface area contributed by atoms with Gasteiger partial charge in [0.1, 0.15) is 18.9 Å². The number of fused-ring (bicyclic) bond motifs is 2. The van der Waals surface area contributed by atoms with Crippen LogP contribution in [0.3, 0.4) is 0 Å². The van der Waals surface area contributed by atoms with Crippen LogP contribution < -0.4 is 14.4 Å². The zero-order valence-electron chi connectivity index (χ0n) is 22.8. The number of anilines is 1. The molecule has 10 nitrogen and oxygen atoms in total. The standard InChI is InChI=1S/C29H33FN4O6S/c1-31-15-22-16-33(18-29(22,30)17-31)23-4-2-3-19(9-23)27(35)28(36)32-11-20-13-34(14-21(20)12-32)41(37,38)24-5-6-25-26(10-24)40-8-7-39-25/h2-6,9-10,22,27,35H,7-8,11-18H2,1H3/t22-,27-,29-/m1/s1. The number of hydrogen-bond acceptors (Lipinski definition) is 8. The van der Waals surface area contributed by atoms with Gasteiger partial charge >= 0.3 is 0 Å². The molecule has 5 aliphatic heterocycles. The lowest BCUT2D eigenvalue weighted by Crippen LogP contribution is -2.38. The quantitative estimate of drug-likeness (QED) is 0.527. The zero-order chi connectivity index (χ0) is 28.5. The number of nitrogens with zero attached hydrogens (tertiary/aromatic N) is 4. The van der Waals surface area contributed by atoms with Crippen molar-refractivity contribution in [1.82, 2.24) is 14.1 Å². The number of aliphatic hydroxyl groups is 1. The van der Waals surface area contributed by atoms with Crippen LogP contribution >= 0.6 is 0 Å². The van der Waals surface area contributed by atoms with Crippen LogP contribution in [0.1, 0.15) is 11.7 Å².